The fourth-order valence-electron chi connectivity index (χ4n) is 5.50. The third-order valence-electron chi connectivity index (χ3n) is 7.20. The molecule has 2 heterocycles. The third-order valence-corrected chi connectivity index (χ3v) is 7.20. The minimum atomic E-state index is -0.227. The topological polar surface area (TPSA) is 52.2 Å². The third kappa shape index (κ3) is 5.19. The van der Waals surface area contributed by atoms with Crippen molar-refractivity contribution in [1.82, 2.24) is 19.8 Å². The van der Waals surface area contributed by atoms with Crippen LogP contribution >= 0.6 is 0 Å². The highest BCUT2D eigenvalue weighted by atomic mass is 19.1. The number of halogens is 1. The van der Waals surface area contributed by atoms with Crippen molar-refractivity contribution in [1.29, 1.82) is 0 Å². The Morgan fingerprint density at radius 2 is 1.83 bits per heavy atom. The first kappa shape index (κ1) is 24.2. The number of amides is 1. The van der Waals surface area contributed by atoms with Crippen LogP contribution in [0.5, 0.6) is 0 Å². The van der Waals surface area contributed by atoms with E-state index in [1.807, 2.05) is 53.6 Å². The molecule has 5 nitrogen and oxygen atoms in total. The predicted molar refractivity (Wildman–Crippen MR) is 141 cm³/mol. The minimum absolute atomic E-state index is 0.0662. The van der Waals surface area contributed by atoms with Gasteiger partial charge in [0.1, 0.15) is 5.82 Å². The first-order chi connectivity index (χ1) is 17.5. The maximum absolute atomic E-state index is 13.7. The van der Waals surface area contributed by atoms with Crippen LogP contribution in [0.3, 0.4) is 0 Å². The number of H-pyrrole nitrogens is 1. The Labute approximate surface area is 212 Å². The van der Waals surface area contributed by atoms with Crippen molar-refractivity contribution in [3.63, 3.8) is 0 Å². The smallest absolute Gasteiger partial charge is 0.254 e. The lowest BCUT2D eigenvalue weighted by Crippen LogP contribution is -2.56. The number of piperazine rings is 1. The first-order valence-electron chi connectivity index (χ1n) is 12.7. The van der Waals surface area contributed by atoms with Crippen molar-refractivity contribution in [3.8, 4) is 0 Å². The number of carbonyl (C=O) groups excluding carboxylic acids is 1. The van der Waals surface area contributed by atoms with Gasteiger partial charge in [-0.05, 0) is 53.3 Å². The molecule has 4 aromatic rings. The molecular formula is C30H33FN4O. The molecule has 6 heteroatoms. The van der Waals surface area contributed by atoms with Gasteiger partial charge in [-0.25, -0.2) is 9.37 Å². The van der Waals surface area contributed by atoms with Crippen molar-refractivity contribution in [2.24, 2.45) is 5.92 Å². The lowest BCUT2D eigenvalue weighted by atomic mass is 9.94. The molecule has 1 aliphatic heterocycles. The Morgan fingerprint density at radius 3 is 2.58 bits per heavy atom. The lowest BCUT2D eigenvalue weighted by Gasteiger charge is -2.46. The van der Waals surface area contributed by atoms with E-state index < -0.39 is 0 Å². The Hall–Kier alpha value is -3.51. The first-order valence-corrected chi connectivity index (χ1v) is 12.7. The Bertz CT molecular complexity index is 1300. The van der Waals surface area contributed by atoms with Gasteiger partial charge in [0.25, 0.3) is 5.91 Å². The van der Waals surface area contributed by atoms with Gasteiger partial charge in [0.15, 0.2) is 0 Å². The van der Waals surface area contributed by atoms with E-state index in [4.69, 9.17) is 0 Å². The number of hydrogen-bond acceptors (Lipinski definition) is 3. The fourth-order valence-corrected chi connectivity index (χ4v) is 5.50. The van der Waals surface area contributed by atoms with E-state index in [2.05, 4.69) is 40.8 Å². The number of carbonyl (C=O) groups is 1. The van der Waals surface area contributed by atoms with Crippen molar-refractivity contribution < 1.29 is 9.18 Å². The zero-order chi connectivity index (χ0) is 25.1. The molecule has 0 saturated carbocycles. The maximum Gasteiger partial charge on any atom is 0.254 e. The minimum Gasteiger partial charge on any atom is -0.347 e. The molecule has 0 aliphatic carbocycles. The van der Waals surface area contributed by atoms with Crippen molar-refractivity contribution in [3.05, 3.63) is 102 Å². The number of nitrogens with zero attached hydrogens (tertiary/aromatic N) is 3. The summed E-state index contributed by atoms with van der Waals surface area (Å²) in [6.07, 6.45) is 5.32. The molecule has 0 spiro atoms. The molecule has 0 bridgehead atoms. The number of aromatic nitrogens is 2. The van der Waals surface area contributed by atoms with E-state index in [0.29, 0.717) is 19.0 Å². The summed E-state index contributed by atoms with van der Waals surface area (Å²) in [6.45, 7) is 6.56. The van der Waals surface area contributed by atoms with Crippen LogP contribution < -0.4 is 0 Å². The largest absolute Gasteiger partial charge is 0.347 e. The Balaban J connectivity index is 1.42. The molecule has 0 radical (unpaired) electrons. The van der Waals surface area contributed by atoms with Gasteiger partial charge in [-0.15, -0.1) is 0 Å². The van der Waals surface area contributed by atoms with Gasteiger partial charge in [-0.3, -0.25) is 9.69 Å². The van der Waals surface area contributed by atoms with Crippen LogP contribution in [0.15, 0.2) is 79.3 Å². The van der Waals surface area contributed by atoms with Crippen molar-refractivity contribution in [2.45, 2.75) is 38.8 Å². The lowest BCUT2D eigenvalue weighted by molar-refractivity contribution is 0.0245. The second-order valence-electron chi connectivity index (χ2n) is 10.2. The summed E-state index contributed by atoms with van der Waals surface area (Å²) < 4.78 is 13.5. The summed E-state index contributed by atoms with van der Waals surface area (Å²) >= 11 is 0. The van der Waals surface area contributed by atoms with E-state index in [1.165, 1.54) is 12.1 Å². The van der Waals surface area contributed by atoms with E-state index in [1.54, 1.807) is 6.33 Å². The quantitative estimate of drug-likeness (QED) is 0.358. The average Bonchev–Trinajstić information content (AvgIpc) is 3.42. The predicted octanol–water partition coefficient (Wildman–Crippen LogP) is 5.86. The second-order valence-corrected chi connectivity index (χ2v) is 10.2. The summed E-state index contributed by atoms with van der Waals surface area (Å²) in [7, 11) is 0. The van der Waals surface area contributed by atoms with Crippen LogP contribution in [-0.4, -0.2) is 51.4 Å². The summed E-state index contributed by atoms with van der Waals surface area (Å²) in [5.74, 6) is 0.352. The molecule has 1 amide bonds. The van der Waals surface area contributed by atoms with E-state index in [0.717, 1.165) is 47.0 Å². The monoisotopic (exact) mass is 484 g/mol. The zero-order valence-electron chi connectivity index (χ0n) is 20.9. The molecule has 1 saturated heterocycles. The van der Waals surface area contributed by atoms with Gasteiger partial charge >= 0.3 is 0 Å². The Kier molecular flexibility index (Phi) is 7.14. The van der Waals surface area contributed by atoms with Crippen LogP contribution in [0.2, 0.25) is 0 Å². The number of aromatic amines is 1. The van der Waals surface area contributed by atoms with Gasteiger partial charge in [0.05, 0.1) is 18.1 Å². The van der Waals surface area contributed by atoms with Gasteiger partial charge in [-0.1, -0.05) is 62.4 Å². The molecule has 2 atom stereocenters. The van der Waals surface area contributed by atoms with Crippen LogP contribution in [0.4, 0.5) is 4.39 Å². The van der Waals surface area contributed by atoms with Crippen LogP contribution in [0, 0.1) is 11.7 Å². The number of imidazole rings is 1. The molecule has 1 unspecified atom stereocenters. The van der Waals surface area contributed by atoms with Gasteiger partial charge in [0.2, 0.25) is 0 Å². The normalized spacial score (nSPS) is 17.6. The highest BCUT2D eigenvalue weighted by Gasteiger charge is 2.36. The van der Waals surface area contributed by atoms with Crippen molar-refractivity contribution >= 4 is 16.7 Å². The van der Waals surface area contributed by atoms with Gasteiger partial charge in [0, 0.05) is 37.4 Å². The number of benzene rings is 3. The fraction of sp³-hybridized carbons (Fsp3) is 0.333. The van der Waals surface area contributed by atoms with Crippen LogP contribution in [0.25, 0.3) is 10.8 Å². The highest BCUT2D eigenvalue weighted by Crippen LogP contribution is 2.31. The summed E-state index contributed by atoms with van der Waals surface area (Å²) in [5.41, 5.74) is 2.89. The average molecular weight is 485 g/mol. The summed E-state index contributed by atoms with van der Waals surface area (Å²) in [6, 6.07) is 21.1. The number of hydrogen-bond donors (Lipinski definition) is 1. The molecule has 3 aromatic carbocycles. The molecule has 1 aromatic heterocycles. The summed E-state index contributed by atoms with van der Waals surface area (Å²) in [4.78, 5) is 25.9. The standard InChI is InChI=1S/C30H33FN4O/c1-21(2)16-25-19-34(30(36)27-9-5-7-23-6-3-4-8-26(23)27)14-15-35(25)29(28-18-32-20-33-28)17-22-10-12-24(31)13-11-22/h3-13,18,20-21,25,29H,14-17,19H2,1-2H3,(H,32,33)/t25-,29?/m0/s1. The van der Waals surface area contributed by atoms with Crippen molar-refractivity contribution in [2.75, 3.05) is 19.6 Å². The van der Waals surface area contributed by atoms with E-state index in [-0.39, 0.29) is 23.8 Å². The molecule has 36 heavy (non-hydrogen) atoms. The van der Waals surface area contributed by atoms with Gasteiger partial charge in [-0.2, -0.15) is 0 Å². The molecule has 5 rings (SSSR count). The number of rotatable bonds is 7. The molecule has 186 valence electrons. The molecule has 1 aliphatic rings. The SMILES string of the molecule is CC(C)C[C@H]1CN(C(=O)c2cccc3ccccc23)CCN1C(Cc1ccc(F)cc1)c1cnc[nH]1. The molecular weight excluding hydrogens is 451 g/mol. The van der Waals surface area contributed by atoms with E-state index in [9.17, 15) is 9.18 Å². The number of nitrogens with one attached hydrogen (secondary N) is 1. The highest BCUT2D eigenvalue weighted by molar-refractivity contribution is 6.07. The Morgan fingerprint density at radius 1 is 1.06 bits per heavy atom. The second kappa shape index (κ2) is 10.6. The summed E-state index contributed by atoms with van der Waals surface area (Å²) in [5, 5.41) is 2.08. The van der Waals surface area contributed by atoms with Crippen LogP contribution in [0.1, 0.15) is 47.9 Å². The number of fused-ring (bicyclic) bond motifs is 1. The zero-order valence-corrected chi connectivity index (χ0v) is 20.9. The van der Waals surface area contributed by atoms with E-state index >= 15 is 0 Å². The van der Waals surface area contributed by atoms with Gasteiger partial charge < -0.3 is 9.88 Å². The molecule has 1 N–H and O–H groups in total. The molecule has 1 fully saturated rings. The maximum atomic E-state index is 13.7. The van der Waals surface area contributed by atoms with Crippen LogP contribution in [-0.2, 0) is 6.42 Å².